The molecule has 0 aromatic carbocycles. The Morgan fingerprint density at radius 1 is 1.39 bits per heavy atom. The quantitative estimate of drug-likeness (QED) is 0.386. The van der Waals surface area contributed by atoms with E-state index < -0.39 is 0 Å². The largest absolute Gasteiger partial charge is 0.226 e. The molecule has 2 rings (SSSR count). The molecule has 3 unspecified atom stereocenters. The van der Waals surface area contributed by atoms with Gasteiger partial charge in [-0.25, -0.2) is 4.99 Å². The molecule has 0 bridgehead atoms. The number of allylic oxidation sites excluding steroid dienone is 1. The van der Waals surface area contributed by atoms with Gasteiger partial charge in [0.05, 0.1) is 10.7 Å². The van der Waals surface area contributed by atoms with E-state index in [1.165, 1.54) is 32.1 Å². The number of hydrogen-bond acceptors (Lipinski definition) is 2. The Labute approximate surface area is 117 Å². The van der Waals surface area contributed by atoms with E-state index in [0.717, 1.165) is 5.92 Å². The Morgan fingerprint density at radius 3 is 2.78 bits per heavy atom. The lowest BCUT2D eigenvalue weighted by Gasteiger charge is -2.46. The highest BCUT2D eigenvalue weighted by molar-refractivity contribution is 7.78. The Balaban J connectivity index is 2.32. The molecular formula is C16H25NS. The van der Waals surface area contributed by atoms with E-state index in [2.05, 4.69) is 43.9 Å². The fourth-order valence-electron chi connectivity index (χ4n) is 3.86. The number of fused-ring (bicyclic) bond motifs is 1. The van der Waals surface area contributed by atoms with Crippen molar-refractivity contribution in [3.8, 4) is 0 Å². The zero-order chi connectivity index (χ0) is 13.4. The predicted octanol–water partition coefficient (Wildman–Crippen LogP) is 5.03. The van der Waals surface area contributed by atoms with Crippen LogP contribution in [0.15, 0.2) is 16.6 Å². The van der Waals surface area contributed by atoms with Gasteiger partial charge in [-0.3, -0.25) is 0 Å². The van der Waals surface area contributed by atoms with Gasteiger partial charge in [-0.05, 0) is 63.1 Å². The van der Waals surface area contributed by atoms with Gasteiger partial charge in [0, 0.05) is 5.92 Å². The molecule has 0 radical (unpaired) electrons. The van der Waals surface area contributed by atoms with Crippen LogP contribution >= 0.6 is 12.2 Å². The van der Waals surface area contributed by atoms with Crippen molar-refractivity contribution in [2.24, 2.45) is 22.2 Å². The first-order valence-electron chi connectivity index (χ1n) is 7.20. The summed E-state index contributed by atoms with van der Waals surface area (Å²) in [5, 5.41) is 2.58. The molecule has 2 aliphatic carbocycles. The third-order valence-electron chi connectivity index (χ3n) is 5.22. The van der Waals surface area contributed by atoms with Crippen LogP contribution in [0.3, 0.4) is 0 Å². The van der Waals surface area contributed by atoms with Crippen LogP contribution in [0.1, 0.15) is 59.8 Å². The predicted molar refractivity (Wildman–Crippen MR) is 81.0 cm³/mol. The van der Waals surface area contributed by atoms with Gasteiger partial charge in [0.25, 0.3) is 0 Å². The summed E-state index contributed by atoms with van der Waals surface area (Å²) < 4.78 is 0. The SMILES string of the molecule is CC1CCCC2(C)CCC(C(C)(C)N=C=S)C=C12. The molecule has 2 aliphatic rings. The molecule has 0 aliphatic heterocycles. The summed E-state index contributed by atoms with van der Waals surface area (Å²) in [4.78, 5) is 4.39. The second kappa shape index (κ2) is 4.90. The molecule has 0 heterocycles. The van der Waals surface area contributed by atoms with Crippen LogP contribution in [-0.2, 0) is 0 Å². The molecule has 1 saturated carbocycles. The molecule has 1 nitrogen and oxygen atoms in total. The molecular weight excluding hydrogens is 238 g/mol. The third-order valence-corrected chi connectivity index (χ3v) is 5.31. The number of thiocarbonyl (C=S) groups is 1. The molecule has 0 spiro atoms. The lowest BCUT2D eigenvalue weighted by atomic mass is 9.59. The molecule has 100 valence electrons. The highest BCUT2D eigenvalue weighted by atomic mass is 32.1. The van der Waals surface area contributed by atoms with Gasteiger partial charge in [-0.2, -0.15) is 0 Å². The molecule has 0 saturated heterocycles. The summed E-state index contributed by atoms with van der Waals surface area (Å²) in [6.45, 7) is 9.22. The van der Waals surface area contributed by atoms with Crippen molar-refractivity contribution < 1.29 is 0 Å². The zero-order valence-corrected chi connectivity index (χ0v) is 12.9. The van der Waals surface area contributed by atoms with Crippen LogP contribution in [0.4, 0.5) is 0 Å². The summed E-state index contributed by atoms with van der Waals surface area (Å²) >= 11 is 4.79. The highest BCUT2D eigenvalue weighted by Gasteiger charge is 2.41. The van der Waals surface area contributed by atoms with Crippen molar-refractivity contribution in [2.75, 3.05) is 0 Å². The first-order chi connectivity index (χ1) is 8.39. The topological polar surface area (TPSA) is 12.4 Å². The zero-order valence-electron chi connectivity index (χ0n) is 12.1. The second-order valence-electron chi connectivity index (χ2n) is 6.98. The molecule has 1 fully saturated rings. The minimum absolute atomic E-state index is 0.0900. The molecule has 0 N–H and O–H groups in total. The van der Waals surface area contributed by atoms with Gasteiger partial charge >= 0.3 is 0 Å². The number of hydrogen-bond donors (Lipinski definition) is 0. The summed E-state index contributed by atoms with van der Waals surface area (Å²) in [5.41, 5.74) is 2.07. The van der Waals surface area contributed by atoms with Gasteiger partial charge in [-0.15, -0.1) is 0 Å². The van der Waals surface area contributed by atoms with Crippen molar-refractivity contribution in [3.05, 3.63) is 11.6 Å². The summed E-state index contributed by atoms with van der Waals surface area (Å²) in [6, 6.07) is 0. The normalized spacial score (nSPS) is 36.3. The van der Waals surface area contributed by atoms with E-state index in [0.29, 0.717) is 11.3 Å². The maximum atomic E-state index is 4.79. The minimum Gasteiger partial charge on any atom is -0.226 e. The van der Waals surface area contributed by atoms with Crippen LogP contribution in [0, 0.1) is 17.3 Å². The van der Waals surface area contributed by atoms with Gasteiger partial charge in [0.2, 0.25) is 0 Å². The van der Waals surface area contributed by atoms with Gasteiger partial charge < -0.3 is 0 Å². The van der Waals surface area contributed by atoms with Crippen molar-refractivity contribution in [3.63, 3.8) is 0 Å². The van der Waals surface area contributed by atoms with Crippen LogP contribution in [0.25, 0.3) is 0 Å². The van der Waals surface area contributed by atoms with Gasteiger partial charge in [-0.1, -0.05) is 31.9 Å². The molecule has 0 aromatic rings. The van der Waals surface area contributed by atoms with E-state index in [4.69, 9.17) is 12.2 Å². The van der Waals surface area contributed by atoms with E-state index in [1.807, 2.05) is 0 Å². The summed E-state index contributed by atoms with van der Waals surface area (Å²) in [5.74, 6) is 1.27. The minimum atomic E-state index is -0.0900. The van der Waals surface area contributed by atoms with Crippen LogP contribution in [0.2, 0.25) is 0 Å². The van der Waals surface area contributed by atoms with E-state index >= 15 is 0 Å². The number of nitrogens with zero attached hydrogens (tertiary/aromatic N) is 1. The molecule has 3 atom stereocenters. The van der Waals surface area contributed by atoms with Crippen molar-refractivity contribution >= 4 is 17.4 Å². The Hall–Kier alpha value is -0.460. The maximum absolute atomic E-state index is 4.79. The fraction of sp³-hybridized carbons (Fsp3) is 0.812. The first-order valence-corrected chi connectivity index (χ1v) is 7.61. The Morgan fingerprint density at radius 2 is 2.11 bits per heavy atom. The average Bonchev–Trinajstić information content (AvgIpc) is 2.28. The number of isothiocyanates is 1. The standard InChI is InChI=1S/C16H25NS/c1-12-6-5-8-16(4)9-7-13(10-14(12)16)15(2,3)17-11-18/h10,12-13H,5-9H2,1-4H3. The molecule has 18 heavy (non-hydrogen) atoms. The van der Waals surface area contributed by atoms with Crippen molar-refractivity contribution in [1.82, 2.24) is 0 Å². The van der Waals surface area contributed by atoms with Crippen molar-refractivity contribution in [1.29, 1.82) is 0 Å². The van der Waals surface area contributed by atoms with E-state index in [-0.39, 0.29) is 5.54 Å². The highest BCUT2D eigenvalue weighted by Crippen LogP contribution is 2.52. The molecule has 0 aromatic heterocycles. The lowest BCUT2D eigenvalue weighted by Crippen LogP contribution is -2.37. The summed E-state index contributed by atoms with van der Waals surface area (Å²) in [6.07, 6.45) is 9.19. The van der Waals surface area contributed by atoms with Crippen LogP contribution < -0.4 is 0 Å². The van der Waals surface area contributed by atoms with Crippen molar-refractivity contribution in [2.45, 2.75) is 65.3 Å². The lowest BCUT2D eigenvalue weighted by molar-refractivity contribution is 0.191. The van der Waals surface area contributed by atoms with Gasteiger partial charge in [0.1, 0.15) is 0 Å². The van der Waals surface area contributed by atoms with E-state index in [9.17, 15) is 0 Å². The smallest absolute Gasteiger partial charge is 0.0717 e. The number of aliphatic imine (C=N–C) groups is 1. The first kappa shape index (κ1) is 14.0. The fourth-order valence-corrected chi connectivity index (χ4v) is 4.10. The van der Waals surface area contributed by atoms with Crippen LogP contribution in [-0.4, -0.2) is 10.7 Å². The second-order valence-corrected chi connectivity index (χ2v) is 7.16. The number of rotatable bonds is 2. The van der Waals surface area contributed by atoms with Gasteiger partial charge in [0.15, 0.2) is 0 Å². The Kier molecular flexibility index (Phi) is 3.80. The molecule has 2 heteroatoms. The summed E-state index contributed by atoms with van der Waals surface area (Å²) in [7, 11) is 0. The maximum Gasteiger partial charge on any atom is 0.0717 e. The van der Waals surface area contributed by atoms with E-state index in [1.54, 1.807) is 5.57 Å². The third kappa shape index (κ3) is 2.46. The average molecular weight is 263 g/mol. The Bertz CT molecular complexity index is 403. The van der Waals surface area contributed by atoms with Crippen LogP contribution in [0.5, 0.6) is 0 Å². The monoisotopic (exact) mass is 263 g/mol. The molecule has 0 amide bonds.